The predicted octanol–water partition coefficient (Wildman–Crippen LogP) is -0.123. The second kappa shape index (κ2) is 5.24. The van der Waals surface area contributed by atoms with Crippen molar-refractivity contribution in [3.63, 3.8) is 0 Å². The highest BCUT2D eigenvalue weighted by Crippen LogP contribution is 2.33. The molecular weight excluding hydrogens is 236 g/mol. The number of ether oxygens (including phenoxy) is 2. The van der Waals surface area contributed by atoms with Gasteiger partial charge in [0, 0.05) is 6.54 Å². The summed E-state index contributed by atoms with van der Waals surface area (Å²) in [4.78, 5) is 25.8. The van der Waals surface area contributed by atoms with Crippen molar-refractivity contribution in [1.82, 2.24) is 10.2 Å². The molecule has 0 bridgehead atoms. The largest absolute Gasteiger partial charge is 0.468 e. The zero-order chi connectivity index (χ0) is 13.2. The molecule has 2 aliphatic heterocycles. The number of carbonyl (C=O) groups excluding carboxylic acids is 2. The smallest absolute Gasteiger partial charge is 0.341 e. The maximum atomic E-state index is 12.1. The van der Waals surface area contributed by atoms with Gasteiger partial charge >= 0.3 is 11.9 Å². The fraction of sp³-hybridized carbons (Fsp3) is 0.833. The van der Waals surface area contributed by atoms with Crippen molar-refractivity contribution < 1.29 is 19.1 Å². The summed E-state index contributed by atoms with van der Waals surface area (Å²) in [6.07, 6.45) is 3.19. The SMILES string of the molecule is COC(=O)[C@@H]1CCCN1[C@@]1(C(=O)OC)CCCN1. The number of rotatable bonds is 3. The van der Waals surface area contributed by atoms with Gasteiger partial charge in [0.25, 0.3) is 0 Å². The molecule has 0 saturated carbocycles. The van der Waals surface area contributed by atoms with Crippen LogP contribution in [-0.2, 0) is 19.1 Å². The standard InChI is InChI=1S/C12H20N2O4/c1-17-10(15)9-5-3-8-14(9)12(11(16)18-2)6-4-7-13-12/h9,13H,3-8H2,1-2H3/t9-,12+/m0/s1. The maximum absolute atomic E-state index is 12.1. The number of hydrogen-bond acceptors (Lipinski definition) is 6. The van der Waals surface area contributed by atoms with E-state index in [1.54, 1.807) is 0 Å². The molecule has 18 heavy (non-hydrogen) atoms. The number of carbonyl (C=O) groups is 2. The normalized spacial score (nSPS) is 32.4. The highest BCUT2D eigenvalue weighted by molar-refractivity contribution is 5.83. The first-order valence-electron chi connectivity index (χ1n) is 6.34. The molecule has 1 N–H and O–H groups in total. The fourth-order valence-corrected chi connectivity index (χ4v) is 3.04. The Hall–Kier alpha value is -1.14. The summed E-state index contributed by atoms with van der Waals surface area (Å²) in [5.74, 6) is -0.583. The summed E-state index contributed by atoms with van der Waals surface area (Å²) in [6, 6.07) is -0.348. The van der Waals surface area contributed by atoms with Gasteiger partial charge in [-0.2, -0.15) is 0 Å². The number of hydrogen-bond donors (Lipinski definition) is 1. The van der Waals surface area contributed by atoms with Crippen LogP contribution in [0.1, 0.15) is 25.7 Å². The average Bonchev–Trinajstić information content (AvgIpc) is 3.05. The van der Waals surface area contributed by atoms with Crippen molar-refractivity contribution in [2.45, 2.75) is 37.4 Å². The molecule has 2 rings (SSSR count). The van der Waals surface area contributed by atoms with E-state index in [0.717, 1.165) is 25.8 Å². The number of methoxy groups -OCH3 is 2. The van der Waals surface area contributed by atoms with Crippen molar-refractivity contribution in [3.8, 4) is 0 Å². The molecule has 102 valence electrons. The van der Waals surface area contributed by atoms with Crippen LogP contribution in [0.5, 0.6) is 0 Å². The van der Waals surface area contributed by atoms with Crippen LogP contribution in [-0.4, -0.2) is 55.9 Å². The second-order valence-electron chi connectivity index (χ2n) is 4.76. The van der Waals surface area contributed by atoms with E-state index in [1.165, 1.54) is 14.2 Å². The fourth-order valence-electron chi connectivity index (χ4n) is 3.04. The van der Waals surface area contributed by atoms with Crippen LogP contribution in [0, 0.1) is 0 Å². The predicted molar refractivity (Wildman–Crippen MR) is 63.7 cm³/mol. The molecule has 0 aromatic carbocycles. The second-order valence-corrected chi connectivity index (χ2v) is 4.76. The Morgan fingerprint density at radius 2 is 2.06 bits per heavy atom. The van der Waals surface area contributed by atoms with Crippen molar-refractivity contribution in [3.05, 3.63) is 0 Å². The van der Waals surface area contributed by atoms with Crippen LogP contribution in [0.25, 0.3) is 0 Å². The highest BCUT2D eigenvalue weighted by atomic mass is 16.5. The molecule has 2 aliphatic rings. The minimum atomic E-state index is -0.843. The van der Waals surface area contributed by atoms with Gasteiger partial charge in [-0.25, -0.2) is 4.79 Å². The van der Waals surface area contributed by atoms with Gasteiger partial charge in [-0.15, -0.1) is 0 Å². The molecule has 0 aromatic heterocycles. The zero-order valence-electron chi connectivity index (χ0n) is 10.9. The summed E-state index contributed by atoms with van der Waals surface area (Å²) in [5, 5.41) is 3.22. The van der Waals surface area contributed by atoms with E-state index < -0.39 is 5.66 Å². The zero-order valence-corrected chi connectivity index (χ0v) is 10.9. The third-order valence-corrected chi connectivity index (χ3v) is 3.87. The van der Waals surface area contributed by atoms with Gasteiger partial charge in [-0.1, -0.05) is 0 Å². The molecular formula is C12H20N2O4. The summed E-state index contributed by atoms with van der Waals surface area (Å²) in [5.41, 5.74) is -0.843. The monoisotopic (exact) mass is 256 g/mol. The molecule has 2 atom stereocenters. The van der Waals surface area contributed by atoms with E-state index in [9.17, 15) is 9.59 Å². The number of nitrogens with zero attached hydrogens (tertiary/aromatic N) is 1. The number of likely N-dealkylation sites (tertiary alicyclic amines) is 1. The first-order valence-corrected chi connectivity index (χ1v) is 6.34. The first kappa shape index (κ1) is 13.3. The average molecular weight is 256 g/mol. The van der Waals surface area contributed by atoms with Gasteiger partial charge < -0.3 is 9.47 Å². The van der Waals surface area contributed by atoms with E-state index in [4.69, 9.17) is 9.47 Å². The summed E-state index contributed by atoms with van der Waals surface area (Å²) >= 11 is 0. The van der Waals surface area contributed by atoms with Gasteiger partial charge in [0.1, 0.15) is 6.04 Å². The molecule has 2 fully saturated rings. The Labute approximate surface area is 107 Å². The summed E-state index contributed by atoms with van der Waals surface area (Å²) < 4.78 is 9.74. The molecule has 6 nitrogen and oxygen atoms in total. The third kappa shape index (κ3) is 1.99. The Kier molecular flexibility index (Phi) is 3.87. The van der Waals surface area contributed by atoms with E-state index in [1.807, 2.05) is 4.90 Å². The lowest BCUT2D eigenvalue weighted by Gasteiger charge is -2.38. The molecule has 0 aliphatic carbocycles. The Morgan fingerprint density at radius 1 is 1.28 bits per heavy atom. The van der Waals surface area contributed by atoms with E-state index in [0.29, 0.717) is 13.0 Å². The van der Waals surface area contributed by atoms with E-state index in [-0.39, 0.29) is 18.0 Å². The van der Waals surface area contributed by atoms with Crippen LogP contribution in [0.15, 0.2) is 0 Å². The van der Waals surface area contributed by atoms with Crippen LogP contribution in [0.2, 0.25) is 0 Å². The van der Waals surface area contributed by atoms with Crippen molar-refractivity contribution >= 4 is 11.9 Å². The Morgan fingerprint density at radius 3 is 2.61 bits per heavy atom. The van der Waals surface area contributed by atoms with Crippen LogP contribution < -0.4 is 5.32 Å². The molecule has 0 unspecified atom stereocenters. The lowest BCUT2D eigenvalue weighted by atomic mass is 10.0. The molecule has 0 aromatic rings. The van der Waals surface area contributed by atoms with Crippen LogP contribution in [0.3, 0.4) is 0 Å². The van der Waals surface area contributed by atoms with Gasteiger partial charge in [-0.3, -0.25) is 15.0 Å². The first-order chi connectivity index (χ1) is 8.65. The van der Waals surface area contributed by atoms with Gasteiger partial charge in [-0.05, 0) is 32.2 Å². The van der Waals surface area contributed by atoms with E-state index in [2.05, 4.69) is 5.32 Å². The Bertz CT molecular complexity index is 339. The molecule has 0 radical (unpaired) electrons. The quantitative estimate of drug-likeness (QED) is 0.710. The van der Waals surface area contributed by atoms with Crippen molar-refractivity contribution in [1.29, 1.82) is 0 Å². The lowest BCUT2D eigenvalue weighted by molar-refractivity contribution is -0.162. The van der Waals surface area contributed by atoms with Gasteiger partial charge in [0.15, 0.2) is 5.66 Å². The lowest BCUT2D eigenvalue weighted by Crippen LogP contribution is -2.64. The van der Waals surface area contributed by atoms with Crippen molar-refractivity contribution in [2.24, 2.45) is 0 Å². The van der Waals surface area contributed by atoms with Crippen LogP contribution >= 0.6 is 0 Å². The minimum absolute atomic E-state index is 0.274. The Balaban J connectivity index is 2.25. The molecule has 0 spiro atoms. The van der Waals surface area contributed by atoms with Gasteiger partial charge in [0.2, 0.25) is 0 Å². The number of esters is 2. The number of nitrogens with one attached hydrogen (secondary N) is 1. The molecule has 2 saturated heterocycles. The molecule has 2 heterocycles. The molecule has 6 heteroatoms. The highest BCUT2D eigenvalue weighted by Gasteiger charge is 2.52. The topological polar surface area (TPSA) is 67.9 Å². The minimum Gasteiger partial charge on any atom is -0.468 e. The maximum Gasteiger partial charge on any atom is 0.341 e. The summed E-state index contributed by atoms with van der Waals surface area (Å²) in [7, 11) is 2.76. The summed E-state index contributed by atoms with van der Waals surface area (Å²) in [6.45, 7) is 1.47. The van der Waals surface area contributed by atoms with Crippen molar-refractivity contribution in [2.75, 3.05) is 27.3 Å². The van der Waals surface area contributed by atoms with Gasteiger partial charge in [0.05, 0.1) is 14.2 Å². The van der Waals surface area contributed by atoms with E-state index >= 15 is 0 Å². The van der Waals surface area contributed by atoms with Crippen LogP contribution in [0.4, 0.5) is 0 Å². The third-order valence-electron chi connectivity index (χ3n) is 3.87. The molecule has 0 amide bonds.